The standard InChI is InChI=1S/C11H20N2O4/c1-8-7-17-5-4-13(8)6-10(11(15)16-3)12-9(2)14/h8,10H,4-7H2,1-3H3,(H,12,14). The first kappa shape index (κ1) is 13.9. The zero-order valence-electron chi connectivity index (χ0n) is 10.6. The van der Waals surface area contributed by atoms with Crippen molar-refractivity contribution in [3.63, 3.8) is 0 Å². The van der Waals surface area contributed by atoms with Crippen LogP contribution in [0.2, 0.25) is 0 Å². The smallest absolute Gasteiger partial charge is 0.329 e. The highest BCUT2D eigenvalue weighted by Crippen LogP contribution is 2.07. The summed E-state index contributed by atoms with van der Waals surface area (Å²) in [6.07, 6.45) is 0. The van der Waals surface area contributed by atoms with Crippen LogP contribution in [0.4, 0.5) is 0 Å². The molecule has 2 unspecified atom stereocenters. The zero-order chi connectivity index (χ0) is 12.8. The summed E-state index contributed by atoms with van der Waals surface area (Å²) in [6.45, 7) is 5.93. The summed E-state index contributed by atoms with van der Waals surface area (Å²) >= 11 is 0. The van der Waals surface area contributed by atoms with Crippen LogP contribution in [-0.4, -0.2) is 62.3 Å². The molecule has 17 heavy (non-hydrogen) atoms. The molecule has 1 saturated heterocycles. The van der Waals surface area contributed by atoms with Crippen molar-refractivity contribution in [1.82, 2.24) is 10.2 Å². The molecule has 1 heterocycles. The zero-order valence-corrected chi connectivity index (χ0v) is 10.6. The lowest BCUT2D eigenvalue weighted by Crippen LogP contribution is -2.53. The van der Waals surface area contributed by atoms with Crippen molar-refractivity contribution < 1.29 is 19.1 Å². The Morgan fingerprint density at radius 3 is 2.82 bits per heavy atom. The minimum absolute atomic E-state index is 0.235. The third-order valence-corrected chi connectivity index (χ3v) is 2.79. The number of nitrogens with zero attached hydrogens (tertiary/aromatic N) is 1. The van der Waals surface area contributed by atoms with Crippen molar-refractivity contribution in [2.45, 2.75) is 25.9 Å². The van der Waals surface area contributed by atoms with Gasteiger partial charge in [-0.05, 0) is 6.92 Å². The quantitative estimate of drug-likeness (QED) is 0.668. The Kier molecular flexibility index (Phi) is 5.37. The second-order valence-electron chi connectivity index (χ2n) is 4.20. The predicted octanol–water partition coefficient (Wildman–Crippen LogP) is -0.615. The van der Waals surface area contributed by atoms with Crippen LogP contribution in [0.5, 0.6) is 0 Å². The normalized spacial score (nSPS) is 22.9. The molecular formula is C11H20N2O4. The lowest BCUT2D eigenvalue weighted by molar-refractivity contribution is -0.146. The van der Waals surface area contributed by atoms with E-state index in [-0.39, 0.29) is 11.9 Å². The molecule has 6 nitrogen and oxygen atoms in total. The number of hydrogen-bond acceptors (Lipinski definition) is 5. The fraction of sp³-hybridized carbons (Fsp3) is 0.818. The van der Waals surface area contributed by atoms with E-state index >= 15 is 0 Å². The number of rotatable bonds is 4. The summed E-state index contributed by atoms with van der Waals surface area (Å²) in [5, 5.41) is 2.60. The van der Waals surface area contributed by atoms with E-state index in [9.17, 15) is 9.59 Å². The van der Waals surface area contributed by atoms with E-state index in [1.165, 1.54) is 14.0 Å². The average molecular weight is 244 g/mol. The summed E-state index contributed by atoms with van der Waals surface area (Å²) in [4.78, 5) is 24.7. The highest BCUT2D eigenvalue weighted by Gasteiger charge is 2.27. The molecule has 1 aliphatic heterocycles. The van der Waals surface area contributed by atoms with Gasteiger partial charge in [0.05, 0.1) is 20.3 Å². The molecule has 1 N–H and O–H groups in total. The molecule has 0 radical (unpaired) electrons. The van der Waals surface area contributed by atoms with E-state index in [4.69, 9.17) is 4.74 Å². The molecule has 1 amide bonds. The van der Waals surface area contributed by atoms with Gasteiger partial charge >= 0.3 is 5.97 Å². The average Bonchev–Trinajstić information content (AvgIpc) is 2.29. The Morgan fingerprint density at radius 2 is 2.29 bits per heavy atom. The van der Waals surface area contributed by atoms with Gasteiger partial charge in [-0.2, -0.15) is 0 Å². The molecule has 1 aliphatic rings. The molecule has 6 heteroatoms. The molecule has 0 aliphatic carbocycles. The van der Waals surface area contributed by atoms with E-state index in [1.54, 1.807) is 0 Å². The van der Waals surface area contributed by atoms with E-state index in [0.29, 0.717) is 19.8 Å². The first-order valence-electron chi connectivity index (χ1n) is 5.71. The Hall–Kier alpha value is -1.14. The monoisotopic (exact) mass is 244 g/mol. The van der Waals surface area contributed by atoms with Crippen LogP contribution in [0.3, 0.4) is 0 Å². The van der Waals surface area contributed by atoms with Crippen LogP contribution in [0.1, 0.15) is 13.8 Å². The van der Waals surface area contributed by atoms with Gasteiger partial charge in [-0.1, -0.05) is 0 Å². The van der Waals surface area contributed by atoms with Crippen LogP contribution in [0.15, 0.2) is 0 Å². The minimum atomic E-state index is -0.613. The van der Waals surface area contributed by atoms with Gasteiger partial charge in [-0.15, -0.1) is 0 Å². The van der Waals surface area contributed by atoms with Gasteiger partial charge in [-0.3, -0.25) is 9.69 Å². The number of hydrogen-bond donors (Lipinski definition) is 1. The van der Waals surface area contributed by atoms with Crippen molar-refractivity contribution in [3.8, 4) is 0 Å². The third-order valence-electron chi connectivity index (χ3n) is 2.79. The van der Waals surface area contributed by atoms with Gasteiger partial charge in [0.2, 0.25) is 5.91 Å². The van der Waals surface area contributed by atoms with E-state index in [1.807, 2.05) is 6.92 Å². The first-order chi connectivity index (χ1) is 8.04. The lowest BCUT2D eigenvalue weighted by atomic mass is 10.2. The highest BCUT2D eigenvalue weighted by atomic mass is 16.5. The highest BCUT2D eigenvalue weighted by molar-refractivity contribution is 5.83. The van der Waals surface area contributed by atoms with Crippen LogP contribution in [-0.2, 0) is 19.1 Å². The van der Waals surface area contributed by atoms with Gasteiger partial charge in [0.25, 0.3) is 0 Å². The van der Waals surface area contributed by atoms with Crippen molar-refractivity contribution in [2.75, 3.05) is 33.4 Å². The van der Waals surface area contributed by atoms with E-state index in [2.05, 4.69) is 15.0 Å². The molecule has 98 valence electrons. The summed E-state index contributed by atoms with van der Waals surface area (Å²) < 4.78 is 9.99. The molecule has 0 aromatic carbocycles. The maximum atomic E-state index is 11.5. The van der Waals surface area contributed by atoms with Crippen molar-refractivity contribution in [3.05, 3.63) is 0 Å². The van der Waals surface area contributed by atoms with Gasteiger partial charge in [-0.25, -0.2) is 4.79 Å². The van der Waals surface area contributed by atoms with Crippen LogP contribution in [0.25, 0.3) is 0 Å². The molecule has 2 atom stereocenters. The SMILES string of the molecule is COC(=O)C(CN1CCOCC1C)NC(C)=O. The number of methoxy groups -OCH3 is 1. The number of carbonyl (C=O) groups excluding carboxylic acids is 2. The van der Waals surface area contributed by atoms with Gasteiger partial charge in [0.15, 0.2) is 0 Å². The Labute approximate surface area is 101 Å². The maximum Gasteiger partial charge on any atom is 0.329 e. The predicted molar refractivity (Wildman–Crippen MR) is 61.5 cm³/mol. The van der Waals surface area contributed by atoms with Gasteiger partial charge in [0.1, 0.15) is 6.04 Å². The largest absolute Gasteiger partial charge is 0.467 e. The second-order valence-corrected chi connectivity index (χ2v) is 4.20. The van der Waals surface area contributed by atoms with E-state index in [0.717, 1.165) is 6.54 Å². The Balaban J connectivity index is 2.57. The summed E-state index contributed by atoms with van der Waals surface area (Å²) in [6, 6.07) is -0.372. The number of ether oxygens (including phenoxy) is 2. The fourth-order valence-electron chi connectivity index (χ4n) is 1.83. The molecule has 0 aromatic rings. The van der Waals surface area contributed by atoms with Crippen molar-refractivity contribution >= 4 is 11.9 Å². The number of nitrogens with one attached hydrogen (secondary N) is 1. The molecular weight excluding hydrogens is 224 g/mol. The first-order valence-corrected chi connectivity index (χ1v) is 5.71. The van der Waals surface area contributed by atoms with Crippen LogP contribution >= 0.6 is 0 Å². The van der Waals surface area contributed by atoms with Gasteiger partial charge in [0, 0.05) is 26.1 Å². The summed E-state index contributed by atoms with van der Waals surface area (Å²) in [7, 11) is 1.32. The molecule has 0 bridgehead atoms. The maximum absolute atomic E-state index is 11.5. The number of morpholine rings is 1. The van der Waals surface area contributed by atoms with Crippen LogP contribution < -0.4 is 5.32 Å². The molecule has 0 aromatic heterocycles. The molecule has 0 spiro atoms. The number of amides is 1. The Bertz CT molecular complexity index is 283. The Morgan fingerprint density at radius 1 is 1.59 bits per heavy atom. The summed E-state index contributed by atoms with van der Waals surface area (Å²) in [5.74, 6) is -0.653. The lowest BCUT2D eigenvalue weighted by Gasteiger charge is -2.35. The number of carbonyl (C=O) groups is 2. The third kappa shape index (κ3) is 4.32. The molecule has 1 fully saturated rings. The van der Waals surface area contributed by atoms with Crippen LogP contribution in [0, 0.1) is 0 Å². The molecule has 1 rings (SSSR count). The van der Waals surface area contributed by atoms with Gasteiger partial charge < -0.3 is 14.8 Å². The summed E-state index contributed by atoms with van der Waals surface area (Å²) in [5.41, 5.74) is 0. The fourth-order valence-corrected chi connectivity index (χ4v) is 1.83. The van der Waals surface area contributed by atoms with E-state index < -0.39 is 12.0 Å². The second kappa shape index (κ2) is 6.56. The minimum Gasteiger partial charge on any atom is -0.467 e. The van der Waals surface area contributed by atoms with Crippen molar-refractivity contribution in [2.24, 2.45) is 0 Å². The number of esters is 1. The molecule has 0 saturated carbocycles. The van der Waals surface area contributed by atoms with Crippen molar-refractivity contribution in [1.29, 1.82) is 0 Å². The topological polar surface area (TPSA) is 67.9 Å².